The lowest BCUT2D eigenvalue weighted by Gasteiger charge is -2.16. The Labute approximate surface area is 254 Å². The number of alkyl halides is 3. The third-order valence-electron chi connectivity index (χ3n) is 7.41. The average Bonchev–Trinajstić information content (AvgIpc) is 3.41. The van der Waals surface area contributed by atoms with Gasteiger partial charge in [-0.05, 0) is 80.1 Å². The fraction of sp³-hybridized carbons (Fsp3) is 0.394. The second-order valence-corrected chi connectivity index (χ2v) is 10.7. The molecule has 1 unspecified atom stereocenters. The number of Topliss-reactive ketones (excluding diaryl/α,β-unsaturated/α-hetero) is 1. The number of aryl methyl sites for hydroxylation is 1. The van der Waals surface area contributed by atoms with E-state index in [9.17, 15) is 22.8 Å². The van der Waals surface area contributed by atoms with Gasteiger partial charge in [-0.15, -0.1) is 0 Å². The van der Waals surface area contributed by atoms with Crippen LogP contribution >= 0.6 is 0 Å². The number of amides is 1. The van der Waals surface area contributed by atoms with Crippen LogP contribution in [0.3, 0.4) is 0 Å². The molecule has 44 heavy (non-hydrogen) atoms. The maximum Gasteiger partial charge on any atom is 0.433 e. The highest BCUT2D eigenvalue weighted by molar-refractivity contribution is 6.00. The number of pyridine rings is 1. The Kier molecular flexibility index (Phi) is 11.1. The normalized spacial score (nSPS) is 12.3. The molecule has 2 heterocycles. The van der Waals surface area contributed by atoms with Crippen LogP contribution in [-0.4, -0.2) is 46.7 Å². The van der Waals surface area contributed by atoms with Crippen LogP contribution in [0.1, 0.15) is 71.0 Å². The van der Waals surface area contributed by atoms with E-state index in [-0.39, 0.29) is 23.3 Å². The minimum Gasteiger partial charge on any atom is -0.439 e. The minimum absolute atomic E-state index is 0.0132. The molecule has 0 saturated heterocycles. The fourth-order valence-electron chi connectivity index (χ4n) is 5.14. The van der Waals surface area contributed by atoms with Crippen molar-refractivity contribution in [3.8, 4) is 11.6 Å². The summed E-state index contributed by atoms with van der Waals surface area (Å²) in [5.41, 5.74) is 1.80. The lowest BCUT2D eigenvalue weighted by Crippen LogP contribution is -2.27. The molecule has 2 aromatic carbocycles. The summed E-state index contributed by atoms with van der Waals surface area (Å²) in [5, 5.41) is 8.54. The molecular weight excluding hydrogens is 573 g/mol. The van der Waals surface area contributed by atoms with Gasteiger partial charge in [0, 0.05) is 55.4 Å². The molecule has 8 nitrogen and oxygen atoms in total. The van der Waals surface area contributed by atoms with Crippen molar-refractivity contribution in [3.63, 3.8) is 0 Å². The summed E-state index contributed by atoms with van der Waals surface area (Å²) in [6.45, 7) is 5.65. The van der Waals surface area contributed by atoms with E-state index in [1.807, 2.05) is 23.9 Å². The number of hydrogen-bond donors (Lipinski definition) is 1. The van der Waals surface area contributed by atoms with E-state index >= 15 is 0 Å². The van der Waals surface area contributed by atoms with Gasteiger partial charge in [-0.1, -0.05) is 19.4 Å². The zero-order valence-electron chi connectivity index (χ0n) is 25.1. The van der Waals surface area contributed by atoms with Crippen LogP contribution in [0.25, 0.3) is 10.9 Å². The number of aromatic nitrogens is 3. The van der Waals surface area contributed by atoms with Crippen LogP contribution in [0.15, 0.2) is 60.8 Å². The second kappa shape index (κ2) is 15.0. The third-order valence-corrected chi connectivity index (χ3v) is 7.41. The van der Waals surface area contributed by atoms with E-state index in [2.05, 4.69) is 17.2 Å². The molecule has 1 atom stereocenters. The van der Waals surface area contributed by atoms with Crippen molar-refractivity contribution in [1.82, 2.24) is 20.1 Å². The van der Waals surface area contributed by atoms with E-state index < -0.39 is 11.9 Å². The first-order valence-electron chi connectivity index (χ1n) is 14.7. The van der Waals surface area contributed by atoms with Crippen molar-refractivity contribution in [3.05, 3.63) is 83.2 Å². The van der Waals surface area contributed by atoms with Crippen molar-refractivity contribution < 1.29 is 32.2 Å². The zero-order chi connectivity index (χ0) is 31.7. The monoisotopic (exact) mass is 610 g/mol. The minimum atomic E-state index is -4.56. The predicted molar refractivity (Wildman–Crippen MR) is 161 cm³/mol. The number of ether oxygens (including phenoxy) is 2. The molecule has 0 bridgehead atoms. The van der Waals surface area contributed by atoms with Crippen LogP contribution in [-0.2, 0) is 17.5 Å². The van der Waals surface area contributed by atoms with Gasteiger partial charge in [0.05, 0.1) is 12.1 Å². The number of methoxy groups -OCH3 is 1. The summed E-state index contributed by atoms with van der Waals surface area (Å²) in [4.78, 5) is 29.0. The Balaban J connectivity index is 1.32. The molecule has 4 rings (SSSR count). The molecule has 0 aliphatic carbocycles. The number of ketones is 1. The van der Waals surface area contributed by atoms with Gasteiger partial charge in [0.1, 0.15) is 11.4 Å². The second-order valence-electron chi connectivity index (χ2n) is 10.7. The number of nitrogens with zero attached hydrogens (tertiary/aromatic N) is 3. The fourth-order valence-corrected chi connectivity index (χ4v) is 5.14. The molecule has 11 heteroatoms. The quantitative estimate of drug-likeness (QED) is 0.111. The maximum absolute atomic E-state index is 12.9. The number of rotatable bonds is 15. The summed E-state index contributed by atoms with van der Waals surface area (Å²) in [5.74, 6) is 0.287. The zero-order valence-corrected chi connectivity index (χ0v) is 25.1. The summed E-state index contributed by atoms with van der Waals surface area (Å²) >= 11 is 0. The topological polar surface area (TPSA) is 95.3 Å². The maximum atomic E-state index is 12.9. The molecule has 0 aliphatic heterocycles. The average molecular weight is 611 g/mol. The van der Waals surface area contributed by atoms with Gasteiger partial charge in [-0.3, -0.25) is 14.3 Å². The number of halogens is 3. The van der Waals surface area contributed by atoms with Crippen molar-refractivity contribution in [1.29, 1.82) is 0 Å². The number of carbonyl (C=O) groups is 2. The van der Waals surface area contributed by atoms with Crippen molar-refractivity contribution >= 4 is 22.6 Å². The highest BCUT2D eigenvalue weighted by atomic mass is 19.4. The lowest BCUT2D eigenvalue weighted by molar-refractivity contribution is -0.141. The molecule has 0 spiro atoms. The Hall–Kier alpha value is -4.25. The molecule has 234 valence electrons. The first-order chi connectivity index (χ1) is 21.1. The molecule has 0 saturated carbocycles. The van der Waals surface area contributed by atoms with E-state index in [1.54, 1.807) is 37.4 Å². The molecule has 0 fully saturated rings. The van der Waals surface area contributed by atoms with Crippen molar-refractivity contribution in [2.75, 3.05) is 20.3 Å². The number of carbonyl (C=O) groups excluding carboxylic acids is 2. The molecule has 0 aliphatic rings. The molecule has 1 amide bonds. The molecule has 0 radical (unpaired) electrons. The number of benzene rings is 2. The van der Waals surface area contributed by atoms with E-state index in [4.69, 9.17) is 14.6 Å². The van der Waals surface area contributed by atoms with Gasteiger partial charge < -0.3 is 14.8 Å². The largest absolute Gasteiger partial charge is 0.439 e. The van der Waals surface area contributed by atoms with Crippen LogP contribution < -0.4 is 10.1 Å². The SMILES string of the molecule is CCCC(CCCC(=O)c1ccc(Oc2cccc(C(F)(F)F)n2)cc1)Cn1cc2c(C)c(C(=O)NCCOC)ccc2n1. The molecule has 4 aromatic rings. The Morgan fingerprint density at radius 3 is 2.52 bits per heavy atom. The molecular formula is C33H37F3N4O4. The van der Waals surface area contributed by atoms with Gasteiger partial charge in [-0.25, -0.2) is 4.98 Å². The number of nitrogens with one attached hydrogen (secondary N) is 1. The standard InChI is InChI=1S/C33H37F3N4O4/c1-4-7-23(20-40-21-27-22(2)26(16-17-28(27)39-40)32(42)37-18-19-43-3)8-5-9-29(41)24-12-14-25(15-13-24)44-31-11-6-10-30(38-31)33(34,35)36/h6,10-17,21,23H,4-5,7-9,18-20H2,1-3H3,(H,37,42). The van der Waals surface area contributed by atoms with Gasteiger partial charge in [0.2, 0.25) is 5.88 Å². The smallest absolute Gasteiger partial charge is 0.433 e. The first-order valence-corrected chi connectivity index (χ1v) is 14.7. The number of fused-ring (bicyclic) bond motifs is 1. The lowest BCUT2D eigenvalue weighted by atomic mass is 9.95. The van der Waals surface area contributed by atoms with Gasteiger partial charge >= 0.3 is 6.18 Å². The molecule has 2 aromatic heterocycles. The van der Waals surface area contributed by atoms with Gasteiger partial charge in [0.25, 0.3) is 5.91 Å². The highest BCUT2D eigenvalue weighted by Crippen LogP contribution is 2.30. The van der Waals surface area contributed by atoms with Crippen molar-refractivity contribution in [2.24, 2.45) is 5.92 Å². The Morgan fingerprint density at radius 2 is 1.82 bits per heavy atom. The van der Waals surface area contributed by atoms with Gasteiger partial charge in [-0.2, -0.15) is 18.3 Å². The van der Waals surface area contributed by atoms with E-state index in [1.165, 1.54) is 12.1 Å². The summed E-state index contributed by atoms with van der Waals surface area (Å²) < 4.78 is 51.1. The molecule has 1 N–H and O–H groups in total. The van der Waals surface area contributed by atoms with E-state index in [0.717, 1.165) is 41.8 Å². The van der Waals surface area contributed by atoms with Crippen LogP contribution in [0.4, 0.5) is 13.2 Å². The Morgan fingerprint density at radius 1 is 1.05 bits per heavy atom. The summed E-state index contributed by atoms with van der Waals surface area (Å²) in [7, 11) is 1.59. The summed E-state index contributed by atoms with van der Waals surface area (Å²) in [6.07, 6.45) is 1.36. The number of hydrogen-bond acceptors (Lipinski definition) is 6. The Bertz CT molecular complexity index is 1570. The predicted octanol–water partition coefficient (Wildman–Crippen LogP) is 7.40. The third kappa shape index (κ3) is 8.66. The van der Waals surface area contributed by atoms with Gasteiger partial charge in [0.15, 0.2) is 5.78 Å². The van der Waals surface area contributed by atoms with Crippen molar-refractivity contribution in [2.45, 2.75) is 58.7 Å². The highest BCUT2D eigenvalue weighted by Gasteiger charge is 2.32. The van der Waals surface area contributed by atoms with Crippen LogP contribution in [0, 0.1) is 12.8 Å². The van der Waals surface area contributed by atoms with Crippen LogP contribution in [0.2, 0.25) is 0 Å². The van der Waals surface area contributed by atoms with Crippen LogP contribution in [0.5, 0.6) is 11.6 Å². The summed E-state index contributed by atoms with van der Waals surface area (Å²) in [6, 6.07) is 13.4. The van der Waals surface area contributed by atoms with E-state index in [0.29, 0.717) is 49.6 Å². The first kappa shape index (κ1) is 32.7.